The number of benzene rings is 1. The summed E-state index contributed by atoms with van der Waals surface area (Å²) in [6, 6.07) is 7.04. The predicted molar refractivity (Wildman–Crippen MR) is 81.3 cm³/mol. The van der Waals surface area contributed by atoms with Gasteiger partial charge in [0, 0.05) is 18.9 Å². The third kappa shape index (κ3) is 3.91. The summed E-state index contributed by atoms with van der Waals surface area (Å²) in [6.45, 7) is 6.03. The van der Waals surface area contributed by atoms with E-state index < -0.39 is 23.3 Å². The fourth-order valence-electron chi connectivity index (χ4n) is 2.13. The molecule has 2 aromatic rings. The number of hydrogen-bond acceptors (Lipinski definition) is 2. The molecule has 124 valence electrons. The lowest BCUT2D eigenvalue weighted by Gasteiger charge is -2.19. The van der Waals surface area contributed by atoms with Crippen molar-refractivity contribution in [2.24, 2.45) is 7.05 Å². The molecule has 1 N–H and O–H groups in total. The molecule has 2 rings (SSSR count). The number of carbonyl (C=O) groups is 1. The summed E-state index contributed by atoms with van der Waals surface area (Å²) in [5.41, 5.74) is -0.408. The number of halogens is 3. The SMILES string of the molecule is Cn1cc(C(=O)Nc2cccc(C(C)(C)C)c2)c(C(F)(F)F)n1. The van der Waals surface area contributed by atoms with E-state index in [9.17, 15) is 18.0 Å². The maximum Gasteiger partial charge on any atom is 0.435 e. The van der Waals surface area contributed by atoms with E-state index in [4.69, 9.17) is 0 Å². The van der Waals surface area contributed by atoms with Crippen LogP contribution in [0.1, 0.15) is 42.4 Å². The van der Waals surface area contributed by atoms with Crippen molar-refractivity contribution in [3.05, 3.63) is 47.3 Å². The minimum absolute atomic E-state index is 0.133. The van der Waals surface area contributed by atoms with Gasteiger partial charge in [0.05, 0.1) is 5.56 Å². The first-order valence-electron chi connectivity index (χ1n) is 7.01. The maximum absolute atomic E-state index is 12.9. The van der Waals surface area contributed by atoms with Gasteiger partial charge in [-0.1, -0.05) is 32.9 Å². The topological polar surface area (TPSA) is 46.9 Å². The van der Waals surface area contributed by atoms with Gasteiger partial charge in [-0.2, -0.15) is 18.3 Å². The Kier molecular flexibility index (Phi) is 4.24. The Hall–Kier alpha value is -2.31. The molecule has 23 heavy (non-hydrogen) atoms. The van der Waals surface area contributed by atoms with Gasteiger partial charge >= 0.3 is 6.18 Å². The molecule has 1 heterocycles. The molecule has 0 saturated heterocycles. The van der Waals surface area contributed by atoms with Crippen molar-refractivity contribution in [2.45, 2.75) is 32.4 Å². The molecule has 4 nitrogen and oxygen atoms in total. The summed E-state index contributed by atoms with van der Waals surface area (Å²) in [7, 11) is 1.34. The number of anilines is 1. The van der Waals surface area contributed by atoms with Crippen molar-refractivity contribution in [1.82, 2.24) is 9.78 Å². The Balaban J connectivity index is 2.31. The predicted octanol–water partition coefficient (Wildman–Crippen LogP) is 3.99. The molecule has 0 unspecified atom stereocenters. The molecule has 0 aliphatic heterocycles. The van der Waals surface area contributed by atoms with E-state index in [2.05, 4.69) is 10.4 Å². The molecular weight excluding hydrogens is 307 g/mol. The van der Waals surface area contributed by atoms with E-state index in [1.54, 1.807) is 18.2 Å². The maximum atomic E-state index is 12.9. The zero-order valence-electron chi connectivity index (χ0n) is 13.3. The van der Waals surface area contributed by atoms with Crippen molar-refractivity contribution in [3.63, 3.8) is 0 Å². The summed E-state index contributed by atoms with van der Waals surface area (Å²) in [6.07, 6.45) is -3.62. The van der Waals surface area contributed by atoms with Crippen molar-refractivity contribution >= 4 is 11.6 Å². The lowest BCUT2D eigenvalue weighted by molar-refractivity contribution is -0.141. The molecule has 1 aromatic carbocycles. The molecule has 0 atom stereocenters. The van der Waals surface area contributed by atoms with Crippen LogP contribution in [-0.2, 0) is 18.6 Å². The normalized spacial score (nSPS) is 12.3. The Labute approximate surface area is 132 Å². The first-order valence-corrected chi connectivity index (χ1v) is 7.01. The number of amides is 1. The van der Waals surface area contributed by atoms with Crippen molar-refractivity contribution in [1.29, 1.82) is 0 Å². The van der Waals surface area contributed by atoms with Crippen LogP contribution < -0.4 is 5.32 Å². The number of rotatable bonds is 2. The average Bonchev–Trinajstić information content (AvgIpc) is 2.80. The zero-order chi connectivity index (χ0) is 17.4. The summed E-state index contributed by atoms with van der Waals surface area (Å²) in [5.74, 6) is -0.837. The molecule has 0 saturated carbocycles. The first-order chi connectivity index (χ1) is 10.5. The largest absolute Gasteiger partial charge is 0.435 e. The summed E-state index contributed by atoms with van der Waals surface area (Å²) in [4.78, 5) is 12.2. The van der Waals surface area contributed by atoms with Gasteiger partial charge in [-0.05, 0) is 23.1 Å². The molecule has 0 radical (unpaired) electrons. The van der Waals surface area contributed by atoms with E-state index in [0.29, 0.717) is 5.69 Å². The number of aromatic nitrogens is 2. The third-order valence-electron chi connectivity index (χ3n) is 3.33. The van der Waals surface area contributed by atoms with Crippen LogP contribution in [0.3, 0.4) is 0 Å². The fraction of sp³-hybridized carbons (Fsp3) is 0.375. The smallest absolute Gasteiger partial charge is 0.322 e. The van der Waals surface area contributed by atoms with Gasteiger partial charge < -0.3 is 5.32 Å². The molecule has 7 heteroatoms. The lowest BCUT2D eigenvalue weighted by Crippen LogP contribution is -2.18. The standard InChI is InChI=1S/C16H18F3N3O/c1-15(2,3)10-6-5-7-11(8-10)20-14(23)12-9-22(4)21-13(12)16(17,18)19/h5-9H,1-4H3,(H,20,23). The van der Waals surface area contributed by atoms with Crippen LogP contribution in [0.2, 0.25) is 0 Å². The van der Waals surface area contributed by atoms with E-state index >= 15 is 0 Å². The van der Waals surface area contributed by atoms with Crippen LogP contribution in [0.5, 0.6) is 0 Å². The second-order valence-electron chi connectivity index (χ2n) is 6.35. The molecule has 0 aliphatic carbocycles. The molecular formula is C16H18F3N3O. The van der Waals surface area contributed by atoms with Crippen LogP contribution in [0.25, 0.3) is 0 Å². The minimum atomic E-state index is -4.68. The zero-order valence-corrected chi connectivity index (χ0v) is 13.3. The van der Waals surface area contributed by atoms with E-state index in [1.807, 2.05) is 26.8 Å². The number of alkyl halides is 3. The monoisotopic (exact) mass is 325 g/mol. The number of nitrogens with zero attached hydrogens (tertiary/aromatic N) is 2. The van der Waals surface area contributed by atoms with Gasteiger partial charge in [-0.25, -0.2) is 0 Å². The molecule has 0 aliphatic rings. The molecule has 1 amide bonds. The Bertz CT molecular complexity index is 727. The summed E-state index contributed by atoms with van der Waals surface area (Å²) >= 11 is 0. The highest BCUT2D eigenvalue weighted by atomic mass is 19.4. The van der Waals surface area contributed by atoms with E-state index in [-0.39, 0.29) is 5.41 Å². The van der Waals surface area contributed by atoms with Gasteiger partial charge in [0.1, 0.15) is 0 Å². The van der Waals surface area contributed by atoms with Crippen molar-refractivity contribution in [2.75, 3.05) is 5.32 Å². The van der Waals surface area contributed by atoms with Gasteiger partial charge in [0.2, 0.25) is 0 Å². The summed E-state index contributed by atoms with van der Waals surface area (Å²) in [5, 5.41) is 5.84. The quantitative estimate of drug-likeness (QED) is 0.907. The highest BCUT2D eigenvalue weighted by molar-refractivity contribution is 6.05. The van der Waals surface area contributed by atoms with Crippen molar-refractivity contribution < 1.29 is 18.0 Å². The average molecular weight is 325 g/mol. The van der Waals surface area contributed by atoms with Gasteiger partial charge in [-0.3, -0.25) is 9.48 Å². The highest BCUT2D eigenvalue weighted by Gasteiger charge is 2.39. The molecule has 0 spiro atoms. The fourth-order valence-corrected chi connectivity index (χ4v) is 2.13. The van der Waals surface area contributed by atoms with Gasteiger partial charge in [0.15, 0.2) is 5.69 Å². The second kappa shape index (κ2) is 5.72. The lowest BCUT2D eigenvalue weighted by atomic mass is 9.87. The third-order valence-corrected chi connectivity index (χ3v) is 3.33. The second-order valence-corrected chi connectivity index (χ2v) is 6.35. The summed E-state index contributed by atoms with van der Waals surface area (Å²) < 4.78 is 39.8. The van der Waals surface area contributed by atoms with Gasteiger partial charge in [-0.15, -0.1) is 0 Å². The Morgan fingerprint density at radius 2 is 1.87 bits per heavy atom. The first kappa shape index (κ1) is 17.1. The Morgan fingerprint density at radius 3 is 2.43 bits per heavy atom. The van der Waals surface area contributed by atoms with Gasteiger partial charge in [0.25, 0.3) is 5.91 Å². The van der Waals surface area contributed by atoms with Crippen molar-refractivity contribution in [3.8, 4) is 0 Å². The van der Waals surface area contributed by atoms with Crippen LogP contribution >= 0.6 is 0 Å². The number of nitrogens with one attached hydrogen (secondary N) is 1. The van der Waals surface area contributed by atoms with Crippen LogP contribution in [-0.4, -0.2) is 15.7 Å². The van der Waals surface area contributed by atoms with Crippen LogP contribution in [0.4, 0.5) is 18.9 Å². The van der Waals surface area contributed by atoms with E-state index in [1.165, 1.54) is 7.05 Å². The minimum Gasteiger partial charge on any atom is -0.322 e. The number of carbonyl (C=O) groups excluding carboxylic acids is 1. The van der Waals surface area contributed by atoms with E-state index in [0.717, 1.165) is 16.4 Å². The van der Waals surface area contributed by atoms with Crippen LogP contribution in [0.15, 0.2) is 30.5 Å². The van der Waals surface area contributed by atoms with Crippen LogP contribution in [0, 0.1) is 0 Å². The Morgan fingerprint density at radius 1 is 1.22 bits per heavy atom. The molecule has 0 fully saturated rings. The number of hydrogen-bond donors (Lipinski definition) is 1. The molecule has 0 bridgehead atoms. The number of aryl methyl sites for hydroxylation is 1. The highest BCUT2D eigenvalue weighted by Crippen LogP contribution is 2.31. The molecule has 1 aromatic heterocycles.